The fourth-order valence-electron chi connectivity index (χ4n) is 0.461. The van der Waals surface area contributed by atoms with E-state index in [4.69, 9.17) is 0 Å². The van der Waals surface area contributed by atoms with E-state index >= 15 is 0 Å². The van der Waals surface area contributed by atoms with Gasteiger partial charge in [0.1, 0.15) is 0 Å². The van der Waals surface area contributed by atoms with Gasteiger partial charge < -0.3 is 3.07 Å². The van der Waals surface area contributed by atoms with E-state index in [0.717, 1.165) is 0 Å². The number of rotatable bonds is 1. The van der Waals surface area contributed by atoms with Gasteiger partial charge in [-0.05, 0) is 0 Å². The highest BCUT2D eigenvalue weighted by molar-refractivity contribution is 14.1. The second-order valence-electron chi connectivity index (χ2n) is 1.51. The number of hydrogen-bond donors (Lipinski definition) is 0. The summed E-state index contributed by atoms with van der Waals surface area (Å²) in [7, 11) is 0. The standard InChI is InChI=1S/C4H2I2N3O2/c5-9-2-7-1-8-3(9)4(10)11-6/h1-2H/q+1. The van der Waals surface area contributed by atoms with Crippen LogP contribution in [0.2, 0.25) is 0 Å². The minimum absolute atomic E-state index is 0.218. The van der Waals surface area contributed by atoms with Crippen LogP contribution in [0.3, 0.4) is 0 Å². The van der Waals surface area contributed by atoms with E-state index in [1.165, 1.54) is 38.4 Å². The highest BCUT2D eigenvalue weighted by Gasteiger charge is 2.18. The van der Waals surface area contributed by atoms with Crippen molar-refractivity contribution in [2.45, 2.75) is 0 Å². The lowest BCUT2D eigenvalue weighted by molar-refractivity contribution is -0.453. The predicted molar refractivity (Wildman–Crippen MR) is 51.1 cm³/mol. The summed E-state index contributed by atoms with van der Waals surface area (Å²) in [6.45, 7) is 0. The Bertz CT molecular complexity index is 280. The molecule has 0 aliphatic rings. The Morgan fingerprint density at radius 3 is 3.00 bits per heavy atom. The van der Waals surface area contributed by atoms with Gasteiger partial charge in [-0.25, -0.2) is 4.79 Å². The van der Waals surface area contributed by atoms with Gasteiger partial charge >= 0.3 is 11.8 Å². The lowest BCUT2D eigenvalue weighted by Gasteiger charge is -1.90. The summed E-state index contributed by atoms with van der Waals surface area (Å²) in [5.41, 5.74) is 0. The number of carbonyl (C=O) groups is 1. The van der Waals surface area contributed by atoms with Crippen molar-refractivity contribution in [3.8, 4) is 0 Å². The van der Waals surface area contributed by atoms with Gasteiger partial charge in [-0.15, -0.1) is 0 Å². The largest absolute Gasteiger partial charge is 0.418 e. The first kappa shape index (κ1) is 9.03. The molecule has 0 aromatic carbocycles. The third-order valence-corrected chi connectivity index (χ3v) is 1.98. The van der Waals surface area contributed by atoms with Crippen LogP contribution in [0.5, 0.6) is 0 Å². The molecule has 0 fully saturated rings. The summed E-state index contributed by atoms with van der Waals surface area (Å²) in [6, 6.07) is 0. The molecule has 0 atom stereocenters. The molecule has 0 radical (unpaired) electrons. The zero-order valence-corrected chi connectivity index (χ0v) is 9.38. The van der Waals surface area contributed by atoms with Crippen LogP contribution in [0.4, 0.5) is 0 Å². The number of aromatic nitrogens is 3. The van der Waals surface area contributed by atoms with E-state index in [9.17, 15) is 4.79 Å². The van der Waals surface area contributed by atoms with Crippen molar-refractivity contribution in [1.29, 1.82) is 0 Å². The summed E-state index contributed by atoms with van der Waals surface area (Å²) < 4.78 is 5.89. The van der Waals surface area contributed by atoms with Crippen LogP contribution in [0, 0.1) is 0 Å². The summed E-state index contributed by atoms with van der Waals surface area (Å²) in [4.78, 5) is 18.3. The van der Waals surface area contributed by atoms with Gasteiger partial charge in [0.15, 0.2) is 45.9 Å². The van der Waals surface area contributed by atoms with Crippen LogP contribution in [-0.4, -0.2) is 15.9 Å². The van der Waals surface area contributed by atoms with Crippen molar-refractivity contribution < 1.29 is 10.6 Å². The fraction of sp³-hybridized carbons (Fsp3) is 0. The second kappa shape index (κ2) is 4.09. The molecule has 0 amide bonds. The molecule has 0 bridgehead atoms. The van der Waals surface area contributed by atoms with Crippen molar-refractivity contribution in [3.63, 3.8) is 0 Å². The van der Waals surface area contributed by atoms with Gasteiger partial charge in [0.25, 0.3) is 6.33 Å². The van der Waals surface area contributed by atoms with Crippen LogP contribution in [0.1, 0.15) is 10.6 Å². The van der Waals surface area contributed by atoms with E-state index in [1.807, 2.05) is 22.9 Å². The third-order valence-electron chi connectivity index (χ3n) is 0.870. The first-order valence-corrected chi connectivity index (χ1v) is 4.31. The molecule has 0 saturated carbocycles. The van der Waals surface area contributed by atoms with Gasteiger partial charge in [-0.2, -0.15) is 2.78 Å². The Morgan fingerprint density at radius 1 is 1.73 bits per heavy atom. The van der Waals surface area contributed by atoms with Crippen molar-refractivity contribution in [2.24, 2.45) is 0 Å². The van der Waals surface area contributed by atoms with Gasteiger partial charge in [-0.3, -0.25) is 0 Å². The molecular weight excluding hydrogens is 376 g/mol. The first-order valence-electron chi connectivity index (χ1n) is 2.46. The summed E-state index contributed by atoms with van der Waals surface area (Å²) in [5.74, 6) is -0.266. The maximum Gasteiger partial charge on any atom is 0.418 e. The summed E-state index contributed by atoms with van der Waals surface area (Å²) >= 11 is 3.39. The highest BCUT2D eigenvalue weighted by atomic mass is 127. The molecule has 5 nitrogen and oxygen atoms in total. The van der Waals surface area contributed by atoms with Crippen molar-refractivity contribution >= 4 is 51.8 Å². The molecule has 0 saturated heterocycles. The number of carbonyl (C=O) groups excluding carboxylic acids is 1. The molecule has 0 unspecified atom stereocenters. The normalized spacial score (nSPS) is 9.27. The molecule has 11 heavy (non-hydrogen) atoms. The molecule has 1 heterocycles. The van der Waals surface area contributed by atoms with E-state index < -0.39 is 5.97 Å². The Labute approximate surface area is 90.4 Å². The van der Waals surface area contributed by atoms with Gasteiger partial charge in [0, 0.05) is 0 Å². The van der Waals surface area contributed by atoms with E-state index in [-0.39, 0.29) is 5.82 Å². The molecule has 0 spiro atoms. The van der Waals surface area contributed by atoms with Crippen molar-refractivity contribution in [3.05, 3.63) is 18.5 Å². The number of hydrogen-bond acceptors (Lipinski definition) is 4. The minimum atomic E-state index is -0.484. The topological polar surface area (TPSA) is 56.0 Å². The van der Waals surface area contributed by atoms with Gasteiger partial charge in [-0.1, -0.05) is 9.97 Å². The quantitative estimate of drug-likeness (QED) is 0.668. The molecule has 7 heteroatoms. The van der Waals surface area contributed by atoms with Crippen molar-refractivity contribution in [1.82, 2.24) is 9.97 Å². The van der Waals surface area contributed by atoms with Gasteiger partial charge in [0.05, 0.1) is 0 Å². The fourth-order valence-corrected chi connectivity index (χ4v) is 1.12. The van der Waals surface area contributed by atoms with Crippen molar-refractivity contribution in [2.75, 3.05) is 0 Å². The Kier molecular flexibility index (Phi) is 3.36. The second-order valence-corrected chi connectivity index (χ2v) is 2.99. The van der Waals surface area contributed by atoms with Crippen LogP contribution in [0.15, 0.2) is 12.7 Å². The average Bonchev–Trinajstić information content (AvgIpc) is 2.04. The Hall–Kier alpha value is -0.0600. The van der Waals surface area contributed by atoms with Crippen LogP contribution >= 0.6 is 45.9 Å². The van der Waals surface area contributed by atoms with Gasteiger partial charge in [0.2, 0.25) is 6.33 Å². The first-order chi connectivity index (χ1) is 5.25. The molecule has 58 valence electrons. The molecule has 0 N–H and O–H groups in total. The average molecular weight is 378 g/mol. The predicted octanol–water partition coefficient (Wildman–Crippen LogP) is 0.469. The van der Waals surface area contributed by atoms with E-state index in [1.54, 1.807) is 0 Å². The molecule has 1 aromatic rings. The minimum Gasteiger partial charge on any atom is -0.386 e. The summed E-state index contributed by atoms with van der Waals surface area (Å²) in [5, 5.41) is 0. The van der Waals surface area contributed by atoms with Crippen LogP contribution < -0.4 is 2.78 Å². The highest BCUT2D eigenvalue weighted by Crippen LogP contribution is 1.95. The zero-order chi connectivity index (χ0) is 8.27. The molecular formula is C4H2I2N3O2+. The molecule has 0 aliphatic carbocycles. The van der Waals surface area contributed by atoms with Crippen LogP contribution in [-0.2, 0) is 3.07 Å². The SMILES string of the molecule is O=C(OI)c1ncnc[n+]1I. The smallest absolute Gasteiger partial charge is 0.386 e. The lowest BCUT2D eigenvalue weighted by atomic mass is 10.6. The maximum absolute atomic E-state index is 10.9. The molecule has 0 aliphatic heterocycles. The molecule has 1 rings (SSSR count). The number of halogens is 2. The van der Waals surface area contributed by atoms with Crippen LogP contribution in [0.25, 0.3) is 0 Å². The Morgan fingerprint density at radius 2 is 2.45 bits per heavy atom. The summed E-state index contributed by atoms with van der Waals surface area (Å²) in [6.07, 6.45) is 2.76. The third kappa shape index (κ3) is 2.18. The lowest BCUT2D eigenvalue weighted by Crippen LogP contribution is -2.31. The molecule has 1 aromatic heterocycles. The Balaban J connectivity index is 3.03. The van der Waals surface area contributed by atoms with E-state index in [0.29, 0.717) is 0 Å². The van der Waals surface area contributed by atoms with E-state index in [2.05, 4.69) is 13.0 Å². The maximum atomic E-state index is 10.9. The zero-order valence-electron chi connectivity index (χ0n) is 5.07. The monoisotopic (exact) mass is 378 g/mol. The number of nitrogens with zero attached hydrogens (tertiary/aromatic N) is 3.